The van der Waals surface area contributed by atoms with Crippen molar-refractivity contribution >= 4 is 5.97 Å². The van der Waals surface area contributed by atoms with Crippen LogP contribution >= 0.6 is 0 Å². The van der Waals surface area contributed by atoms with Gasteiger partial charge >= 0.3 is 12.1 Å². The Balaban J connectivity index is 2.68. The van der Waals surface area contributed by atoms with Crippen molar-refractivity contribution in [3.05, 3.63) is 58.0 Å². The summed E-state index contributed by atoms with van der Waals surface area (Å²) in [5, 5.41) is 0. The first-order chi connectivity index (χ1) is 9.84. The molecule has 0 saturated carbocycles. The topological polar surface area (TPSA) is 59.2 Å². The van der Waals surface area contributed by atoms with E-state index in [1.807, 2.05) is 0 Å². The van der Waals surface area contributed by atoms with Crippen LogP contribution in [0.25, 0.3) is 11.1 Å². The van der Waals surface area contributed by atoms with Crippen molar-refractivity contribution in [1.29, 1.82) is 0 Å². The third-order valence-corrected chi connectivity index (χ3v) is 2.84. The van der Waals surface area contributed by atoms with E-state index >= 15 is 0 Å². The summed E-state index contributed by atoms with van der Waals surface area (Å²) < 4.78 is 42.7. The number of nitrogens with one attached hydrogen (secondary N) is 1. The predicted molar refractivity (Wildman–Crippen MR) is 68.8 cm³/mol. The van der Waals surface area contributed by atoms with E-state index in [2.05, 4.69) is 9.72 Å². The molecule has 0 spiro atoms. The summed E-state index contributed by atoms with van der Waals surface area (Å²) >= 11 is 0. The first-order valence-electron chi connectivity index (χ1n) is 5.82. The lowest BCUT2D eigenvalue weighted by Gasteiger charge is -2.10. The monoisotopic (exact) mass is 297 g/mol. The lowest BCUT2D eigenvalue weighted by atomic mass is 9.99. The van der Waals surface area contributed by atoms with E-state index in [0.717, 1.165) is 19.2 Å². The molecule has 0 fully saturated rings. The van der Waals surface area contributed by atoms with Crippen LogP contribution in [0.4, 0.5) is 13.2 Å². The van der Waals surface area contributed by atoms with Crippen molar-refractivity contribution in [2.24, 2.45) is 0 Å². The fraction of sp³-hybridized carbons (Fsp3) is 0.143. The van der Waals surface area contributed by atoms with Crippen LogP contribution in [0.5, 0.6) is 0 Å². The standard InChI is InChI=1S/C14H10F3NO3/c1-21-13(20)10-5-6-18-12(19)11(10)8-3-2-4-9(7-8)14(15,16)17/h2-7H,1H3,(H,18,19). The Morgan fingerprint density at radius 2 is 1.95 bits per heavy atom. The van der Waals surface area contributed by atoms with Crippen LogP contribution in [0.2, 0.25) is 0 Å². The number of halogens is 3. The fourth-order valence-corrected chi connectivity index (χ4v) is 1.90. The van der Waals surface area contributed by atoms with Gasteiger partial charge in [0.25, 0.3) is 5.56 Å². The largest absolute Gasteiger partial charge is 0.465 e. The maximum absolute atomic E-state index is 12.7. The molecule has 0 amide bonds. The van der Waals surface area contributed by atoms with Crippen LogP contribution in [-0.4, -0.2) is 18.1 Å². The van der Waals surface area contributed by atoms with Gasteiger partial charge in [0.15, 0.2) is 0 Å². The van der Waals surface area contributed by atoms with Gasteiger partial charge in [0.1, 0.15) is 0 Å². The van der Waals surface area contributed by atoms with Gasteiger partial charge in [-0.3, -0.25) is 4.79 Å². The van der Waals surface area contributed by atoms with Gasteiger partial charge in [-0.2, -0.15) is 13.2 Å². The van der Waals surface area contributed by atoms with Gasteiger partial charge in [-0.15, -0.1) is 0 Å². The average Bonchev–Trinajstić information content (AvgIpc) is 2.45. The Bertz CT molecular complexity index is 735. The van der Waals surface area contributed by atoms with E-state index in [4.69, 9.17) is 0 Å². The third kappa shape index (κ3) is 2.96. The number of H-pyrrole nitrogens is 1. The number of methoxy groups -OCH3 is 1. The molecule has 21 heavy (non-hydrogen) atoms. The molecule has 0 saturated heterocycles. The highest BCUT2D eigenvalue weighted by molar-refractivity contribution is 5.96. The number of hydrogen-bond acceptors (Lipinski definition) is 3. The second-order valence-corrected chi connectivity index (χ2v) is 4.17. The number of ether oxygens (including phenoxy) is 1. The minimum atomic E-state index is -4.54. The smallest absolute Gasteiger partial charge is 0.416 e. The van der Waals surface area contributed by atoms with Crippen molar-refractivity contribution in [1.82, 2.24) is 4.98 Å². The zero-order valence-electron chi connectivity index (χ0n) is 10.8. The molecule has 2 rings (SSSR count). The van der Waals surface area contributed by atoms with E-state index in [1.54, 1.807) is 0 Å². The molecular weight excluding hydrogens is 287 g/mol. The van der Waals surface area contributed by atoms with Crippen LogP contribution in [0.3, 0.4) is 0 Å². The number of aromatic amines is 1. The lowest BCUT2D eigenvalue weighted by Crippen LogP contribution is -2.15. The van der Waals surface area contributed by atoms with Gasteiger partial charge in [0, 0.05) is 6.20 Å². The summed E-state index contributed by atoms with van der Waals surface area (Å²) in [6.07, 6.45) is -3.31. The normalized spacial score (nSPS) is 11.2. The predicted octanol–water partition coefficient (Wildman–Crippen LogP) is 2.85. The van der Waals surface area contributed by atoms with Crippen molar-refractivity contribution in [2.45, 2.75) is 6.18 Å². The fourth-order valence-electron chi connectivity index (χ4n) is 1.90. The minimum Gasteiger partial charge on any atom is -0.465 e. The Hall–Kier alpha value is -2.57. The molecule has 0 bridgehead atoms. The summed E-state index contributed by atoms with van der Waals surface area (Å²) in [6.45, 7) is 0. The summed E-state index contributed by atoms with van der Waals surface area (Å²) in [5.41, 5.74) is -1.83. The third-order valence-electron chi connectivity index (χ3n) is 2.84. The quantitative estimate of drug-likeness (QED) is 0.867. The number of aromatic nitrogens is 1. The Labute approximate surface area is 117 Å². The molecule has 0 atom stereocenters. The first kappa shape index (κ1) is 14.8. The van der Waals surface area contributed by atoms with Crippen LogP contribution in [0, 0.1) is 0 Å². The number of alkyl halides is 3. The number of benzene rings is 1. The summed E-state index contributed by atoms with van der Waals surface area (Å²) in [6, 6.07) is 5.48. The number of rotatable bonds is 2. The van der Waals surface area contributed by atoms with Crippen LogP contribution in [-0.2, 0) is 10.9 Å². The van der Waals surface area contributed by atoms with E-state index < -0.39 is 23.3 Å². The Morgan fingerprint density at radius 1 is 1.24 bits per heavy atom. The van der Waals surface area contributed by atoms with E-state index in [9.17, 15) is 22.8 Å². The van der Waals surface area contributed by atoms with Crippen molar-refractivity contribution in [3.8, 4) is 11.1 Å². The second kappa shape index (κ2) is 5.43. The number of esters is 1. The van der Waals surface area contributed by atoms with Crippen LogP contribution < -0.4 is 5.56 Å². The van der Waals surface area contributed by atoms with E-state index in [0.29, 0.717) is 0 Å². The summed E-state index contributed by atoms with van der Waals surface area (Å²) in [4.78, 5) is 25.9. The molecule has 0 aliphatic rings. The molecule has 0 unspecified atom stereocenters. The SMILES string of the molecule is COC(=O)c1cc[nH]c(=O)c1-c1cccc(C(F)(F)F)c1. The summed E-state index contributed by atoms with van der Waals surface area (Å²) in [7, 11) is 1.12. The minimum absolute atomic E-state index is 0.00734. The molecule has 1 aromatic heterocycles. The second-order valence-electron chi connectivity index (χ2n) is 4.17. The van der Waals surface area contributed by atoms with Gasteiger partial charge in [-0.25, -0.2) is 4.79 Å². The van der Waals surface area contributed by atoms with E-state index in [-0.39, 0.29) is 16.7 Å². The zero-order valence-corrected chi connectivity index (χ0v) is 10.8. The van der Waals surface area contributed by atoms with E-state index in [1.165, 1.54) is 24.4 Å². The molecule has 1 N–H and O–H groups in total. The van der Waals surface area contributed by atoms with Crippen LogP contribution in [0.15, 0.2) is 41.3 Å². The number of carbonyl (C=O) groups is 1. The first-order valence-corrected chi connectivity index (χ1v) is 5.82. The highest BCUT2D eigenvalue weighted by atomic mass is 19.4. The Morgan fingerprint density at radius 3 is 2.57 bits per heavy atom. The van der Waals surface area contributed by atoms with Crippen molar-refractivity contribution in [3.63, 3.8) is 0 Å². The molecule has 0 aliphatic heterocycles. The van der Waals surface area contributed by atoms with Gasteiger partial charge in [0.05, 0.1) is 23.8 Å². The number of carbonyl (C=O) groups excluding carboxylic acids is 1. The molecule has 0 aliphatic carbocycles. The summed E-state index contributed by atoms with van der Waals surface area (Å²) in [5.74, 6) is -0.798. The van der Waals surface area contributed by atoms with Crippen molar-refractivity contribution < 1.29 is 22.7 Å². The molecular formula is C14H10F3NO3. The van der Waals surface area contributed by atoms with Crippen LogP contribution in [0.1, 0.15) is 15.9 Å². The van der Waals surface area contributed by atoms with Crippen molar-refractivity contribution in [2.75, 3.05) is 7.11 Å². The highest BCUT2D eigenvalue weighted by Crippen LogP contribution is 2.32. The molecule has 1 aromatic carbocycles. The van der Waals surface area contributed by atoms with Gasteiger partial charge in [-0.1, -0.05) is 12.1 Å². The molecule has 7 heteroatoms. The van der Waals surface area contributed by atoms with Gasteiger partial charge in [0.2, 0.25) is 0 Å². The molecule has 4 nitrogen and oxygen atoms in total. The Kier molecular flexibility index (Phi) is 3.84. The maximum atomic E-state index is 12.7. The molecule has 2 aromatic rings. The number of hydrogen-bond donors (Lipinski definition) is 1. The number of pyridine rings is 1. The molecule has 1 heterocycles. The van der Waals surface area contributed by atoms with Gasteiger partial charge in [-0.05, 0) is 23.8 Å². The highest BCUT2D eigenvalue weighted by Gasteiger charge is 2.31. The maximum Gasteiger partial charge on any atom is 0.416 e. The molecule has 0 radical (unpaired) electrons. The lowest BCUT2D eigenvalue weighted by molar-refractivity contribution is -0.137. The molecule has 110 valence electrons. The van der Waals surface area contributed by atoms with Gasteiger partial charge < -0.3 is 9.72 Å². The zero-order chi connectivity index (χ0) is 15.6. The average molecular weight is 297 g/mol.